The Bertz CT molecular complexity index is 1410. The zero-order valence-electron chi connectivity index (χ0n) is 17.0. The van der Waals surface area contributed by atoms with Crippen LogP contribution in [-0.4, -0.2) is 10.3 Å². The summed E-state index contributed by atoms with van der Waals surface area (Å²) in [5, 5.41) is 6.13. The lowest BCUT2D eigenvalue weighted by atomic mass is 10.1. The molecular formula is C28H21N3. The Morgan fingerprint density at radius 2 is 1.29 bits per heavy atom. The van der Waals surface area contributed by atoms with Gasteiger partial charge in [0.05, 0.1) is 11.4 Å². The van der Waals surface area contributed by atoms with E-state index in [-0.39, 0.29) is 0 Å². The third-order valence-electron chi connectivity index (χ3n) is 5.90. The van der Waals surface area contributed by atoms with Gasteiger partial charge in [-0.1, -0.05) is 91.0 Å². The van der Waals surface area contributed by atoms with Crippen LogP contribution in [0, 0.1) is 0 Å². The number of rotatable bonds is 4. The maximum absolute atomic E-state index is 4.90. The number of para-hydroxylation sites is 2. The zero-order valence-corrected chi connectivity index (χ0v) is 17.0. The summed E-state index contributed by atoms with van der Waals surface area (Å²) in [4.78, 5) is 0. The first-order chi connectivity index (χ1) is 15.4. The van der Waals surface area contributed by atoms with Crippen molar-refractivity contribution in [2.45, 2.75) is 6.54 Å². The number of nitrogens with zero attached hydrogens (tertiary/aromatic N) is 2. The summed E-state index contributed by atoms with van der Waals surface area (Å²) in [5.74, 6) is 0. The van der Waals surface area contributed by atoms with Crippen molar-refractivity contribution < 1.29 is 0 Å². The summed E-state index contributed by atoms with van der Waals surface area (Å²) in [7, 11) is 0. The minimum absolute atomic E-state index is 0.824. The van der Waals surface area contributed by atoms with Crippen LogP contribution >= 0.6 is 0 Å². The van der Waals surface area contributed by atoms with Gasteiger partial charge in [-0.25, -0.2) is 0 Å². The Labute approximate surface area is 181 Å². The van der Waals surface area contributed by atoms with Crippen LogP contribution in [0.25, 0.3) is 22.2 Å². The molecule has 31 heavy (non-hydrogen) atoms. The average molecular weight is 399 g/mol. The van der Waals surface area contributed by atoms with E-state index in [0.29, 0.717) is 0 Å². The third-order valence-corrected chi connectivity index (χ3v) is 5.90. The number of anilines is 1. The molecule has 1 N–H and O–H groups in total. The van der Waals surface area contributed by atoms with Gasteiger partial charge < -0.3 is 4.57 Å². The first-order valence-corrected chi connectivity index (χ1v) is 10.5. The Hall–Kier alpha value is -4.11. The first-order valence-electron chi connectivity index (χ1n) is 10.5. The second kappa shape index (κ2) is 7.29. The molecule has 0 fully saturated rings. The smallest absolute Gasteiger partial charge is 0.101 e. The minimum atomic E-state index is 0.824. The molecule has 3 heteroatoms. The van der Waals surface area contributed by atoms with E-state index in [0.717, 1.165) is 17.9 Å². The molecule has 0 unspecified atom stereocenters. The van der Waals surface area contributed by atoms with Gasteiger partial charge in [0, 0.05) is 34.1 Å². The largest absolute Gasteiger partial charge is 0.335 e. The van der Waals surface area contributed by atoms with Gasteiger partial charge in [0.1, 0.15) is 5.71 Å². The fourth-order valence-electron chi connectivity index (χ4n) is 4.53. The lowest BCUT2D eigenvalue weighted by molar-refractivity contribution is 0.845. The number of fused-ring (bicyclic) bond motifs is 5. The van der Waals surface area contributed by atoms with Crippen LogP contribution in [0.5, 0.6) is 0 Å². The maximum Gasteiger partial charge on any atom is 0.101 e. The van der Waals surface area contributed by atoms with Crippen molar-refractivity contribution >= 4 is 22.3 Å². The highest BCUT2D eigenvalue weighted by atomic mass is 15.3. The summed E-state index contributed by atoms with van der Waals surface area (Å²) in [6, 6.07) is 38.0. The van der Waals surface area contributed by atoms with Gasteiger partial charge in [-0.05, 0) is 23.8 Å². The zero-order chi connectivity index (χ0) is 20.6. The van der Waals surface area contributed by atoms with E-state index in [1.165, 1.54) is 38.9 Å². The second-order valence-electron chi connectivity index (χ2n) is 7.80. The molecule has 0 bridgehead atoms. The predicted octanol–water partition coefficient (Wildman–Crippen LogP) is 6.53. The number of nitrogens with one attached hydrogen (secondary N) is 1. The Morgan fingerprint density at radius 3 is 2.10 bits per heavy atom. The van der Waals surface area contributed by atoms with Crippen LogP contribution in [0.1, 0.15) is 16.7 Å². The molecule has 3 nitrogen and oxygen atoms in total. The molecule has 0 spiro atoms. The van der Waals surface area contributed by atoms with Crippen molar-refractivity contribution in [3.8, 4) is 11.3 Å². The van der Waals surface area contributed by atoms with Crippen molar-refractivity contribution in [1.29, 1.82) is 0 Å². The van der Waals surface area contributed by atoms with Gasteiger partial charge in [-0.2, -0.15) is 5.10 Å². The summed E-state index contributed by atoms with van der Waals surface area (Å²) < 4.78 is 2.43. The molecule has 0 atom stereocenters. The van der Waals surface area contributed by atoms with Gasteiger partial charge >= 0.3 is 0 Å². The number of hydrazone groups is 1. The molecular weight excluding hydrogens is 378 g/mol. The average Bonchev–Trinajstić information content (AvgIpc) is 3.33. The fourth-order valence-corrected chi connectivity index (χ4v) is 4.53. The van der Waals surface area contributed by atoms with Gasteiger partial charge in [0.15, 0.2) is 0 Å². The summed E-state index contributed by atoms with van der Waals surface area (Å²) in [6.45, 7) is 0.824. The van der Waals surface area contributed by atoms with Crippen LogP contribution < -0.4 is 5.43 Å². The monoisotopic (exact) mass is 399 g/mol. The maximum atomic E-state index is 4.90. The quantitative estimate of drug-likeness (QED) is 0.335. The number of benzene rings is 4. The minimum Gasteiger partial charge on any atom is -0.335 e. The van der Waals surface area contributed by atoms with Gasteiger partial charge in [-0.3, -0.25) is 5.43 Å². The normalized spacial score (nSPS) is 13.4. The molecule has 0 saturated heterocycles. The molecule has 148 valence electrons. The van der Waals surface area contributed by atoms with Gasteiger partial charge in [0.2, 0.25) is 0 Å². The predicted molar refractivity (Wildman–Crippen MR) is 129 cm³/mol. The topological polar surface area (TPSA) is 29.3 Å². The highest BCUT2D eigenvalue weighted by Crippen LogP contribution is 2.43. The van der Waals surface area contributed by atoms with E-state index >= 15 is 0 Å². The molecule has 6 rings (SSSR count). The van der Waals surface area contributed by atoms with E-state index in [9.17, 15) is 0 Å². The summed E-state index contributed by atoms with van der Waals surface area (Å²) in [6.07, 6.45) is 0. The van der Waals surface area contributed by atoms with Crippen molar-refractivity contribution in [1.82, 2.24) is 4.57 Å². The number of hydrogen-bond acceptors (Lipinski definition) is 2. The SMILES string of the molecule is c1ccc(Cn2c3c(c4ccccc42)/C(=N/Nc2ccccc2)c2ccccc2-3)cc1. The Balaban J connectivity index is 1.58. The van der Waals surface area contributed by atoms with Gasteiger partial charge in [0.25, 0.3) is 0 Å². The van der Waals surface area contributed by atoms with E-state index in [2.05, 4.69) is 88.9 Å². The van der Waals surface area contributed by atoms with E-state index in [4.69, 9.17) is 5.10 Å². The molecule has 0 saturated carbocycles. The van der Waals surface area contributed by atoms with Crippen molar-refractivity contribution in [3.63, 3.8) is 0 Å². The number of aromatic nitrogens is 1. The van der Waals surface area contributed by atoms with Crippen LogP contribution in [0.2, 0.25) is 0 Å². The van der Waals surface area contributed by atoms with Gasteiger partial charge in [-0.15, -0.1) is 0 Å². The van der Waals surface area contributed by atoms with E-state index < -0.39 is 0 Å². The summed E-state index contributed by atoms with van der Waals surface area (Å²) >= 11 is 0. The highest BCUT2D eigenvalue weighted by molar-refractivity contribution is 6.30. The molecule has 1 aliphatic rings. The lowest BCUT2D eigenvalue weighted by Gasteiger charge is -2.11. The van der Waals surface area contributed by atoms with Crippen LogP contribution in [-0.2, 0) is 6.54 Å². The van der Waals surface area contributed by atoms with Crippen molar-refractivity contribution in [2.24, 2.45) is 5.10 Å². The molecule has 0 aliphatic heterocycles. The molecule has 1 aliphatic carbocycles. The fraction of sp³-hybridized carbons (Fsp3) is 0.0357. The summed E-state index contributed by atoms with van der Waals surface area (Å²) in [5.41, 5.74) is 12.6. The Kier molecular flexibility index (Phi) is 4.17. The molecule has 1 aromatic heterocycles. The molecule has 4 aromatic carbocycles. The van der Waals surface area contributed by atoms with Crippen LogP contribution in [0.4, 0.5) is 5.69 Å². The Morgan fingerprint density at radius 1 is 0.645 bits per heavy atom. The lowest BCUT2D eigenvalue weighted by Crippen LogP contribution is -2.02. The van der Waals surface area contributed by atoms with Crippen molar-refractivity contribution in [2.75, 3.05) is 5.43 Å². The molecule has 0 amide bonds. The molecule has 1 heterocycles. The highest BCUT2D eigenvalue weighted by Gasteiger charge is 2.31. The number of hydrogen-bond donors (Lipinski definition) is 1. The van der Waals surface area contributed by atoms with E-state index in [1.54, 1.807) is 0 Å². The standard InChI is InChI=1S/C28H21N3/c1-3-11-20(12-4-1)19-31-25-18-10-9-17-24(25)26-27(30-29-21-13-5-2-6-14-21)22-15-7-8-16-23(22)28(26)31/h1-18,29H,19H2/b30-27+. The second-order valence-corrected chi connectivity index (χ2v) is 7.80. The molecule has 0 radical (unpaired) electrons. The van der Waals surface area contributed by atoms with Crippen LogP contribution in [0.3, 0.4) is 0 Å². The third kappa shape index (κ3) is 2.94. The van der Waals surface area contributed by atoms with E-state index in [1.807, 2.05) is 30.3 Å². The molecule has 5 aromatic rings. The first kappa shape index (κ1) is 17.7. The van der Waals surface area contributed by atoms with Crippen molar-refractivity contribution in [3.05, 3.63) is 126 Å². The van der Waals surface area contributed by atoms with Crippen LogP contribution in [0.15, 0.2) is 114 Å².